The van der Waals surface area contributed by atoms with Gasteiger partial charge in [0.2, 0.25) is 0 Å². The molecule has 0 radical (unpaired) electrons. The normalized spacial score (nSPS) is 12.6. The van der Waals surface area contributed by atoms with E-state index in [0.29, 0.717) is 10.8 Å². The maximum atomic E-state index is 9.83. The van der Waals surface area contributed by atoms with Gasteiger partial charge in [-0.15, -0.1) is 11.8 Å². The molecule has 0 aliphatic rings. The summed E-state index contributed by atoms with van der Waals surface area (Å²) < 4.78 is 4.92. The Morgan fingerprint density at radius 1 is 1.38 bits per heavy atom. The van der Waals surface area contributed by atoms with E-state index in [9.17, 15) is 5.11 Å². The van der Waals surface area contributed by atoms with E-state index in [4.69, 9.17) is 16.0 Å². The van der Waals surface area contributed by atoms with E-state index in [1.807, 2.05) is 24.3 Å². The van der Waals surface area contributed by atoms with Gasteiger partial charge in [-0.2, -0.15) is 0 Å². The van der Waals surface area contributed by atoms with Crippen LogP contribution in [0.5, 0.6) is 0 Å². The second kappa shape index (κ2) is 5.43. The van der Waals surface area contributed by atoms with Crippen molar-refractivity contribution >= 4 is 23.4 Å². The molecule has 1 aromatic heterocycles. The number of benzene rings is 1. The van der Waals surface area contributed by atoms with Crippen LogP contribution in [0.25, 0.3) is 0 Å². The molecule has 16 heavy (non-hydrogen) atoms. The average Bonchev–Trinajstić information content (AvgIpc) is 2.79. The van der Waals surface area contributed by atoms with Gasteiger partial charge in [0.05, 0.1) is 18.6 Å². The highest BCUT2D eigenvalue weighted by molar-refractivity contribution is 7.99. The third kappa shape index (κ3) is 3.04. The van der Waals surface area contributed by atoms with Crippen molar-refractivity contribution in [3.63, 3.8) is 0 Å². The minimum Gasteiger partial charge on any atom is -0.472 e. The SMILES string of the molecule is OC(CSc1cccc(Cl)c1)c1ccoc1. The molecule has 0 spiro atoms. The van der Waals surface area contributed by atoms with Crippen molar-refractivity contribution in [2.24, 2.45) is 0 Å². The molecule has 1 unspecified atom stereocenters. The molecule has 2 nitrogen and oxygen atoms in total. The maximum Gasteiger partial charge on any atom is 0.0960 e. The molecular weight excluding hydrogens is 244 g/mol. The van der Waals surface area contributed by atoms with Crippen molar-refractivity contribution in [3.05, 3.63) is 53.4 Å². The summed E-state index contributed by atoms with van der Waals surface area (Å²) in [7, 11) is 0. The van der Waals surface area contributed by atoms with Crippen LogP contribution in [0.2, 0.25) is 5.02 Å². The van der Waals surface area contributed by atoms with Crippen LogP contribution in [0.3, 0.4) is 0 Å². The fourth-order valence-electron chi connectivity index (χ4n) is 1.29. The summed E-state index contributed by atoms with van der Waals surface area (Å²) in [6.07, 6.45) is 2.61. The van der Waals surface area contributed by atoms with Crippen LogP contribution in [0.1, 0.15) is 11.7 Å². The van der Waals surface area contributed by atoms with Gasteiger partial charge in [-0.1, -0.05) is 17.7 Å². The predicted molar refractivity (Wildman–Crippen MR) is 65.8 cm³/mol. The fourth-order valence-corrected chi connectivity index (χ4v) is 2.48. The highest BCUT2D eigenvalue weighted by Gasteiger charge is 2.09. The summed E-state index contributed by atoms with van der Waals surface area (Å²) >= 11 is 7.43. The van der Waals surface area contributed by atoms with E-state index in [1.54, 1.807) is 30.4 Å². The number of furan rings is 1. The number of hydrogen-bond acceptors (Lipinski definition) is 3. The van der Waals surface area contributed by atoms with E-state index >= 15 is 0 Å². The second-order valence-electron chi connectivity index (χ2n) is 3.34. The summed E-state index contributed by atoms with van der Waals surface area (Å²) in [5, 5.41) is 10.5. The van der Waals surface area contributed by atoms with E-state index in [0.717, 1.165) is 10.5 Å². The molecule has 2 aromatic rings. The Morgan fingerprint density at radius 2 is 2.25 bits per heavy atom. The second-order valence-corrected chi connectivity index (χ2v) is 4.87. The molecular formula is C12H11ClO2S. The molecule has 4 heteroatoms. The van der Waals surface area contributed by atoms with E-state index in [-0.39, 0.29) is 0 Å². The molecule has 0 amide bonds. The number of aliphatic hydroxyl groups excluding tert-OH is 1. The highest BCUT2D eigenvalue weighted by atomic mass is 35.5. The van der Waals surface area contributed by atoms with Crippen molar-refractivity contribution in [1.82, 2.24) is 0 Å². The lowest BCUT2D eigenvalue weighted by molar-refractivity contribution is 0.203. The minimum atomic E-state index is -0.511. The first-order chi connectivity index (χ1) is 7.75. The fraction of sp³-hybridized carbons (Fsp3) is 0.167. The number of hydrogen-bond donors (Lipinski definition) is 1. The molecule has 0 fully saturated rings. The molecule has 1 atom stereocenters. The summed E-state index contributed by atoms with van der Waals surface area (Å²) in [5.74, 6) is 0.583. The first kappa shape index (κ1) is 11.6. The molecule has 0 aliphatic carbocycles. The van der Waals surface area contributed by atoms with Crippen molar-refractivity contribution in [3.8, 4) is 0 Å². The number of aliphatic hydroxyl groups is 1. The Morgan fingerprint density at radius 3 is 2.94 bits per heavy atom. The molecule has 0 aliphatic heterocycles. The van der Waals surface area contributed by atoms with Crippen molar-refractivity contribution in [2.75, 3.05) is 5.75 Å². The minimum absolute atomic E-state index is 0.511. The van der Waals surface area contributed by atoms with Crippen LogP contribution in [0.15, 0.2) is 52.2 Å². The number of halogens is 1. The lowest BCUT2D eigenvalue weighted by Gasteiger charge is -2.07. The molecule has 0 saturated carbocycles. The summed E-state index contributed by atoms with van der Waals surface area (Å²) in [4.78, 5) is 1.05. The molecule has 1 aromatic carbocycles. The van der Waals surface area contributed by atoms with Gasteiger partial charge in [0.1, 0.15) is 0 Å². The van der Waals surface area contributed by atoms with Gasteiger partial charge in [0, 0.05) is 21.2 Å². The first-order valence-electron chi connectivity index (χ1n) is 4.84. The van der Waals surface area contributed by atoms with Crippen LogP contribution in [-0.4, -0.2) is 10.9 Å². The van der Waals surface area contributed by atoms with Gasteiger partial charge in [0.15, 0.2) is 0 Å². The molecule has 0 bridgehead atoms. The third-order valence-electron chi connectivity index (χ3n) is 2.13. The van der Waals surface area contributed by atoms with Crippen LogP contribution in [-0.2, 0) is 0 Å². The average molecular weight is 255 g/mol. The van der Waals surface area contributed by atoms with Crippen LogP contribution >= 0.6 is 23.4 Å². The van der Waals surface area contributed by atoms with Gasteiger partial charge in [-0.05, 0) is 24.3 Å². The zero-order valence-electron chi connectivity index (χ0n) is 8.47. The van der Waals surface area contributed by atoms with Crippen molar-refractivity contribution in [1.29, 1.82) is 0 Å². The lowest BCUT2D eigenvalue weighted by Crippen LogP contribution is -1.98. The lowest BCUT2D eigenvalue weighted by atomic mass is 10.2. The van der Waals surface area contributed by atoms with Gasteiger partial charge in [0.25, 0.3) is 0 Å². The zero-order chi connectivity index (χ0) is 11.4. The molecule has 2 rings (SSSR count). The van der Waals surface area contributed by atoms with E-state index in [2.05, 4.69) is 0 Å². The Hall–Kier alpha value is -0.900. The molecule has 1 N–H and O–H groups in total. The zero-order valence-corrected chi connectivity index (χ0v) is 10.0. The van der Waals surface area contributed by atoms with Crippen LogP contribution in [0.4, 0.5) is 0 Å². The maximum absolute atomic E-state index is 9.83. The van der Waals surface area contributed by atoms with Gasteiger partial charge < -0.3 is 9.52 Å². The Bertz CT molecular complexity index is 442. The Balaban J connectivity index is 1.92. The third-order valence-corrected chi connectivity index (χ3v) is 3.44. The van der Waals surface area contributed by atoms with E-state index < -0.39 is 6.10 Å². The monoisotopic (exact) mass is 254 g/mol. The van der Waals surface area contributed by atoms with E-state index in [1.165, 1.54) is 0 Å². The predicted octanol–water partition coefficient (Wildman–Crippen LogP) is 3.76. The Labute approximate surface area is 103 Å². The summed E-state index contributed by atoms with van der Waals surface area (Å²) in [6, 6.07) is 9.35. The summed E-state index contributed by atoms with van der Waals surface area (Å²) in [5.41, 5.74) is 0.800. The summed E-state index contributed by atoms with van der Waals surface area (Å²) in [6.45, 7) is 0. The van der Waals surface area contributed by atoms with Crippen LogP contribution < -0.4 is 0 Å². The quantitative estimate of drug-likeness (QED) is 0.844. The van der Waals surface area contributed by atoms with Gasteiger partial charge in [-0.25, -0.2) is 0 Å². The molecule has 0 saturated heterocycles. The van der Waals surface area contributed by atoms with Gasteiger partial charge in [-0.3, -0.25) is 0 Å². The van der Waals surface area contributed by atoms with Crippen molar-refractivity contribution < 1.29 is 9.52 Å². The molecule has 1 heterocycles. The largest absolute Gasteiger partial charge is 0.472 e. The molecule has 84 valence electrons. The number of thioether (sulfide) groups is 1. The standard InChI is InChI=1S/C12H11ClO2S/c13-10-2-1-3-11(6-10)16-8-12(14)9-4-5-15-7-9/h1-7,12,14H,8H2. The van der Waals surface area contributed by atoms with Gasteiger partial charge >= 0.3 is 0 Å². The Kier molecular flexibility index (Phi) is 3.93. The van der Waals surface area contributed by atoms with Crippen molar-refractivity contribution in [2.45, 2.75) is 11.0 Å². The number of rotatable bonds is 4. The van der Waals surface area contributed by atoms with Crippen LogP contribution in [0, 0.1) is 0 Å². The topological polar surface area (TPSA) is 33.4 Å². The smallest absolute Gasteiger partial charge is 0.0960 e. The highest BCUT2D eigenvalue weighted by Crippen LogP contribution is 2.26. The first-order valence-corrected chi connectivity index (χ1v) is 6.20.